The summed E-state index contributed by atoms with van der Waals surface area (Å²) in [5.41, 5.74) is 0.596. The van der Waals surface area contributed by atoms with Gasteiger partial charge in [0.2, 0.25) is 0 Å². The zero-order valence-corrected chi connectivity index (χ0v) is 10.4. The van der Waals surface area contributed by atoms with Gasteiger partial charge in [-0.25, -0.2) is 4.39 Å². The van der Waals surface area contributed by atoms with Crippen molar-refractivity contribution in [3.63, 3.8) is 0 Å². The summed E-state index contributed by atoms with van der Waals surface area (Å²) >= 11 is 3.20. The SMILES string of the molecule is OC(c1cccc(F)c1)c1cc2sccc2s1. The Kier molecular flexibility index (Phi) is 2.70. The normalized spacial score (nSPS) is 13.1. The molecule has 1 N–H and O–H groups in total. The van der Waals surface area contributed by atoms with Crippen molar-refractivity contribution in [1.29, 1.82) is 0 Å². The van der Waals surface area contributed by atoms with E-state index in [9.17, 15) is 9.50 Å². The van der Waals surface area contributed by atoms with Crippen LogP contribution in [0.2, 0.25) is 0 Å². The molecule has 17 heavy (non-hydrogen) atoms. The van der Waals surface area contributed by atoms with Gasteiger partial charge in [-0.05, 0) is 35.2 Å². The molecule has 1 atom stereocenters. The first kappa shape index (κ1) is 10.9. The molecule has 86 valence electrons. The second kappa shape index (κ2) is 4.22. The zero-order chi connectivity index (χ0) is 11.8. The number of hydrogen-bond donors (Lipinski definition) is 1. The Hall–Kier alpha value is -1.23. The highest BCUT2D eigenvalue weighted by molar-refractivity contribution is 7.26. The molecule has 3 rings (SSSR count). The predicted octanol–water partition coefficient (Wildman–Crippen LogP) is 4.18. The van der Waals surface area contributed by atoms with Crippen molar-refractivity contribution in [2.45, 2.75) is 6.10 Å². The lowest BCUT2D eigenvalue weighted by Gasteiger charge is -2.08. The highest BCUT2D eigenvalue weighted by Gasteiger charge is 2.14. The summed E-state index contributed by atoms with van der Waals surface area (Å²) in [6, 6.07) is 10.1. The van der Waals surface area contributed by atoms with Gasteiger partial charge in [-0.1, -0.05) is 12.1 Å². The average molecular weight is 264 g/mol. The molecule has 0 amide bonds. The van der Waals surface area contributed by atoms with Crippen LogP contribution < -0.4 is 0 Å². The molecular formula is C13H9FOS2. The van der Waals surface area contributed by atoms with Gasteiger partial charge in [0.1, 0.15) is 11.9 Å². The second-order valence-electron chi connectivity index (χ2n) is 3.76. The number of aliphatic hydroxyl groups is 1. The molecule has 0 spiro atoms. The van der Waals surface area contributed by atoms with E-state index in [1.165, 1.54) is 21.5 Å². The van der Waals surface area contributed by atoms with Crippen molar-refractivity contribution in [2.24, 2.45) is 0 Å². The lowest BCUT2D eigenvalue weighted by molar-refractivity contribution is 0.224. The Bertz CT molecular complexity index is 628. The van der Waals surface area contributed by atoms with Gasteiger partial charge < -0.3 is 5.11 Å². The zero-order valence-electron chi connectivity index (χ0n) is 8.76. The van der Waals surface area contributed by atoms with Crippen molar-refractivity contribution in [2.75, 3.05) is 0 Å². The van der Waals surface area contributed by atoms with Gasteiger partial charge in [0.05, 0.1) is 0 Å². The third-order valence-corrected chi connectivity index (χ3v) is 4.74. The maximum Gasteiger partial charge on any atom is 0.123 e. The van der Waals surface area contributed by atoms with E-state index in [4.69, 9.17) is 0 Å². The van der Waals surface area contributed by atoms with Crippen LogP contribution in [-0.2, 0) is 0 Å². The van der Waals surface area contributed by atoms with E-state index in [1.807, 2.05) is 17.5 Å². The molecule has 1 aromatic carbocycles. The summed E-state index contributed by atoms with van der Waals surface area (Å²) in [7, 11) is 0. The van der Waals surface area contributed by atoms with Crippen LogP contribution in [-0.4, -0.2) is 5.11 Å². The minimum Gasteiger partial charge on any atom is -0.383 e. The third-order valence-electron chi connectivity index (χ3n) is 2.59. The topological polar surface area (TPSA) is 20.2 Å². The van der Waals surface area contributed by atoms with Gasteiger partial charge >= 0.3 is 0 Å². The van der Waals surface area contributed by atoms with Gasteiger partial charge in [-0.3, -0.25) is 0 Å². The van der Waals surface area contributed by atoms with Crippen LogP contribution in [0.3, 0.4) is 0 Å². The quantitative estimate of drug-likeness (QED) is 0.736. The lowest BCUT2D eigenvalue weighted by atomic mass is 10.1. The predicted molar refractivity (Wildman–Crippen MR) is 70.2 cm³/mol. The minimum absolute atomic E-state index is 0.320. The van der Waals surface area contributed by atoms with Crippen LogP contribution in [0, 0.1) is 5.82 Å². The third kappa shape index (κ3) is 1.99. The van der Waals surface area contributed by atoms with Crippen molar-refractivity contribution in [1.82, 2.24) is 0 Å². The van der Waals surface area contributed by atoms with Gasteiger partial charge in [-0.15, -0.1) is 22.7 Å². The standard InChI is InChI=1S/C13H9FOS2/c14-9-3-1-2-8(6-9)13(15)12-7-11-10(17-12)4-5-16-11/h1-7,13,15H. The highest BCUT2D eigenvalue weighted by Crippen LogP contribution is 2.35. The molecule has 0 aliphatic carbocycles. The molecule has 2 heterocycles. The second-order valence-corrected chi connectivity index (χ2v) is 5.82. The van der Waals surface area contributed by atoms with E-state index in [2.05, 4.69) is 0 Å². The summed E-state index contributed by atoms with van der Waals surface area (Å²) in [5.74, 6) is -0.320. The molecule has 0 aliphatic heterocycles. The molecule has 0 saturated heterocycles. The number of thiophene rings is 2. The van der Waals surface area contributed by atoms with Crippen molar-refractivity contribution in [3.05, 3.63) is 58.0 Å². The highest BCUT2D eigenvalue weighted by atomic mass is 32.1. The van der Waals surface area contributed by atoms with Crippen LogP contribution in [0.15, 0.2) is 41.8 Å². The number of aliphatic hydroxyl groups excluding tert-OH is 1. The van der Waals surface area contributed by atoms with Crippen LogP contribution in [0.4, 0.5) is 4.39 Å². The molecule has 1 unspecified atom stereocenters. The largest absolute Gasteiger partial charge is 0.383 e. The fraction of sp³-hybridized carbons (Fsp3) is 0.0769. The first-order valence-corrected chi connectivity index (χ1v) is 6.84. The number of hydrogen-bond acceptors (Lipinski definition) is 3. The van der Waals surface area contributed by atoms with Gasteiger partial charge in [-0.2, -0.15) is 0 Å². The number of halogens is 1. The Labute approximate surface area is 106 Å². The Balaban J connectivity index is 2.01. The Morgan fingerprint density at radius 2 is 2.00 bits per heavy atom. The average Bonchev–Trinajstić information content (AvgIpc) is 2.88. The summed E-state index contributed by atoms with van der Waals surface area (Å²) in [4.78, 5) is 0.859. The first-order valence-electron chi connectivity index (χ1n) is 5.14. The Morgan fingerprint density at radius 1 is 1.12 bits per heavy atom. The molecule has 3 aromatic rings. The van der Waals surface area contributed by atoms with E-state index in [1.54, 1.807) is 34.8 Å². The lowest BCUT2D eigenvalue weighted by Crippen LogP contribution is -1.97. The van der Waals surface area contributed by atoms with Gasteiger partial charge in [0.25, 0.3) is 0 Å². The van der Waals surface area contributed by atoms with E-state index in [0.29, 0.717) is 5.56 Å². The Morgan fingerprint density at radius 3 is 2.76 bits per heavy atom. The fourth-order valence-corrected chi connectivity index (χ4v) is 3.89. The number of rotatable bonds is 2. The maximum absolute atomic E-state index is 13.1. The summed E-state index contributed by atoms with van der Waals surface area (Å²) in [6.45, 7) is 0. The minimum atomic E-state index is -0.740. The maximum atomic E-state index is 13.1. The van der Waals surface area contributed by atoms with Crippen molar-refractivity contribution in [3.8, 4) is 0 Å². The van der Waals surface area contributed by atoms with Crippen LogP contribution >= 0.6 is 22.7 Å². The van der Waals surface area contributed by atoms with Crippen LogP contribution in [0.25, 0.3) is 9.40 Å². The first-order chi connectivity index (χ1) is 8.24. The van der Waals surface area contributed by atoms with E-state index in [0.717, 1.165) is 4.88 Å². The van der Waals surface area contributed by atoms with Gasteiger partial charge in [0, 0.05) is 14.3 Å². The number of fused-ring (bicyclic) bond motifs is 1. The van der Waals surface area contributed by atoms with Crippen LogP contribution in [0.1, 0.15) is 16.5 Å². The molecular weight excluding hydrogens is 255 g/mol. The van der Waals surface area contributed by atoms with E-state index < -0.39 is 6.10 Å². The van der Waals surface area contributed by atoms with Crippen molar-refractivity contribution >= 4 is 32.1 Å². The van der Waals surface area contributed by atoms with Gasteiger partial charge in [0.15, 0.2) is 0 Å². The molecule has 0 saturated carbocycles. The monoisotopic (exact) mass is 264 g/mol. The smallest absolute Gasteiger partial charge is 0.123 e. The van der Waals surface area contributed by atoms with E-state index in [-0.39, 0.29) is 5.82 Å². The summed E-state index contributed by atoms with van der Waals surface area (Å²) in [5, 5.41) is 12.2. The molecule has 2 aromatic heterocycles. The van der Waals surface area contributed by atoms with E-state index >= 15 is 0 Å². The molecule has 0 radical (unpaired) electrons. The molecule has 0 fully saturated rings. The van der Waals surface area contributed by atoms with Crippen LogP contribution in [0.5, 0.6) is 0 Å². The molecule has 4 heteroatoms. The number of benzene rings is 1. The summed E-state index contributed by atoms with van der Waals surface area (Å²) < 4.78 is 15.4. The molecule has 0 bridgehead atoms. The molecule has 1 nitrogen and oxygen atoms in total. The van der Waals surface area contributed by atoms with Crippen molar-refractivity contribution < 1.29 is 9.50 Å². The molecule has 0 aliphatic rings. The fourth-order valence-electron chi connectivity index (χ4n) is 1.76. The summed E-state index contributed by atoms with van der Waals surface area (Å²) in [6.07, 6.45) is -0.740.